The van der Waals surface area contributed by atoms with Gasteiger partial charge in [0.25, 0.3) is 0 Å². The Morgan fingerprint density at radius 2 is 2.14 bits per heavy atom. The summed E-state index contributed by atoms with van der Waals surface area (Å²) >= 11 is 0. The summed E-state index contributed by atoms with van der Waals surface area (Å²) in [6, 6.07) is 7.42. The Bertz CT molecular complexity index is 742. The van der Waals surface area contributed by atoms with Crippen molar-refractivity contribution in [1.29, 1.82) is 0 Å². The van der Waals surface area contributed by atoms with Crippen molar-refractivity contribution in [3.05, 3.63) is 43.0 Å². The maximum absolute atomic E-state index is 5.71. The van der Waals surface area contributed by atoms with Crippen LogP contribution in [0.1, 0.15) is 0 Å². The van der Waals surface area contributed by atoms with E-state index in [1.807, 2.05) is 24.3 Å². The number of benzene rings is 1. The molecule has 21 heavy (non-hydrogen) atoms. The van der Waals surface area contributed by atoms with E-state index >= 15 is 0 Å². The molecule has 2 heterocycles. The number of imidazole rings is 1. The highest BCUT2D eigenvalue weighted by Gasteiger charge is 2.06. The summed E-state index contributed by atoms with van der Waals surface area (Å²) in [5, 5.41) is 3.07. The number of anilines is 3. The van der Waals surface area contributed by atoms with Crippen molar-refractivity contribution in [2.24, 2.45) is 0 Å². The fourth-order valence-corrected chi connectivity index (χ4v) is 1.76. The van der Waals surface area contributed by atoms with Crippen molar-refractivity contribution in [1.82, 2.24) is 24.5 Å². The van der Waals surface area contributed by atoms with E-state index in [-0.39, 0.29) is 5.95 Å². The Morgan fingerprint density at radius 1 is 1.24 bits per heavy atom. The molecular formula is C13H13N7O. The van der Waals surface area contributed by atoms with Gasteiger partial charge in [0.15, 0.2) is 0 Å². The van der Waals surface area contributed by atoms with Crippen LogP contribution in [0.3, 0.4) is 0 Å². The van der Waals surface area contributed by atoms with Gasteiger partial charge >= 0.3 is 0 Å². The smallest absolute Gasteiger partial charge is 0.241 e. The third-order valence-electron chi connectivity index (χ3n) is 2.70. The number of rotatable bonds is 4. The Balaban J connectivity index is 1.91. The molecule has 0 amide bonds. The average molecular weight is 283 g/mol. The van der Waals surface area contributed by atoms with Crippen LogP contribution in [0.15, 0.2) is 43.0 Å². The number of nitrogens with one attached hydrogen (secondary N) is 1. The molecule has 0 bridgehead atoms. The summed E-state index contributed by atoms with van der Waals surface area (Å²) in [4.78, 5) is 16.4. The monoisotopic (exact) mass is 283 g/mol. The predicted molar refractivity (Wildman–Crippen MR) is 77.6 cm³/mol. The molecule has 3 rings (SSSR count). The molecule has 3 aromatic rings. The van der Waals surface area contributed by atoms with Crippen molar-refractivity contribution in [2.75, 3.05) is 18.2 Å². The zero-order valence-corrected chi connectivity index (χ0v) is 11.3. The fraction of sp³-hybridized carbons (Fsp3) is 0.0769. The van der Waals surface area contributed by atoms with Crippen LogP contribution in [0, 0.1) is 0 Å². The quantitative estimate of drug-likeness (QED) is 0.745. The van der Waals surface area contributed by atoms with Gasteiger partial charge in [0.2, 0.25) is 17.8 Å². The van der Waals surface area contributed by atoms with Crippen molar-refractivity contribution in [3.63, 3.8) is 0 Å². The van der Waals surface area contributed by atoms with E-state index in [1.54, 1.807) is 30.4 Å². The molecule has 0 aliphatic carbocycles. The average Bonchev–Trinajstić information content (AvgIpc) is 3.01. The van der Waals surface area contributed by atoms with E-state index in [0.717, 1.165) is 11.4 Å². The lowest BCUT2D eigenvalue weighted by Crippen LogP contribution is -2.08. The molecule has 2 aromatic heterocycles. The van der Waals surface area contributed by atoms with E-state index in [1.165, 1.54) is 0 Å². The summed E-state index contributed by atoms with van der Waals surface area (Å²) in [5.74, 6) is 1.60. The summed E-state index contributed by atoms with van der Waals surface area (Å²) < 4.78 is 6.82. The van der Waals surface area contributed by atoms with Crippen LogP contribution in [0.25, 0.3) is 5.95 Å². The third kappa shape index (κ3) is 2.89. The van der Waals surface area contributed by atoms with Gasteiger partial charge < -0.3 is 15.8 Å². The van der Waals surface area contributed by atoms with Crippen LogP contribution in [0.5, 0.6) is 5.75 Å². The minimum Gasteiger partial charge on any atom is -0.497 e. The van der Waals surface area contributed by atoms with Gasteiger partial charge in [-0.15, -0.1) is 0 Å². The van der Waals surface area contributed by atoms with Gasteiger partial charge in [-0.1, -0.05) is 6.07 Å². The lowest BCUT2D eigenvalue weighted by Gasteiger charge is -2.08. The number of nitrogens with two attached hydrogens (primary N) is 1. The Kier molecular flexibility index (Phi) is 3.34. The third-order valence-corrected chi connectivity index (χ3v) is 2.70. The molecule has 0 aliphatic heterocycles. The molecule has 0 aliphatic rings. The SMILES string of the molecule is COc1cccc(Nc2nc(N)nc(-n3ccnc3)n2)c1. The number of hydrogen-bond acceptors (Lipinski definition) is 7. The Labute approximate surface area is 120 Å². The van der Waals surface area contributed by atoms with Crippen LogP contribution in [0.4, 0.5) is 17.6 Å². The number of aromatic nitrogens is 5. The lowest BCUT2D eigenvalue weighted by atomic mass is 10.3. The second kappa shape index (κ2) is 5.45. The number of hydrogen-bond donors (Lipinski definition) is 2. The lowest BCUT2D eigenvalue weighted by molar-refractivity contribution is 0.415. The summed E-state index contributed by atoms with van der Waals surface area (Å²) in [6.45, 7) is 0. The summed E-state index contributed by atoms with van der Waals surface area (Å²) in [7, 11) is 1.61. The first kappa shape index (κ1) is 12.9. The van der Waals surface area contributed by atoms with Gasteiger partial charge in [-0.2, -0.15) is 15.0 Å². The van der Waals surface area contributed by atoms with Crippen LogP contribution >= 0.6 is 0 Å². The van der Waals surface area contributed by atoms with Crippen molar-refractivity contribution in [2.45, 2.75) is 0 Å². The first-order chi connectivity index (χ1) is 10.2. The van der Waals surface area contributed by atoms with Crippen LogP contribution in [0.2, 0.25) is 0 Å². The van der Waals surface area contributed by atoms with Crippen LogP contribution < -0.4 is 15.8 Å². The molecule has 0 saturated carbocycles. The minimum atomic E-state index is 0.124. The molecule has 0 spiro atoms. The van der Waals surface area contributed by atoms with Crippen molar-refractivity contribution in [3.8, 4) is 11.7 Å². The highest BCUT2D eigenvalue weighted by Crippen LogP contribution is 2.20. The van der Waals surface area contributed by atoms with E-state index in [0.29, 0.717) is 11.9 Å². The maximum atomic E-state index is 5.71. The number of nitrogen functional groups attached to an aromatic ring is 1. The number of ether oxygens (including phenoxy) is 1. The van der Waals surface area contributed by atoms with E-state index in [9.17, 15) is 0 Å². The zero-order chi connectivity index (χ0) is 14.7. The van der Waals surface area contributed by atoms with Gasteiger partial charge in [0, 0.05) is 24.1 Å². The normalized spacial score (nSPS) is 10.3. The summed E-state index contributed by atoms with van der Waals surface area (Å²) in [6.07, 6.45) is 4.95. The van der Waals surface area contributed by atoms with E-state index < -0.39 is 0 Å². The van der Waals surface area contributed by atoms with Gasteiger partial charge in [0.1, 0.15) is 12.1 Å². The van der Waals surface area contributed by atoms with Crippen LogP contribution in [-0.2, 0) is 0 Å². The molecule has 3 N–H and O–H groups in total. The second-order valence-electron chi connectivity index (χ2n) is 4.14. The highest BCUT2D eigenvalue weighted by molar-refractivity contribution is 5.56. The van der Waals surface area contributed by atoms with Crippen molar-refractivity contribution >= 4 is 17.6 Å². The van der Waals surface area contributed by atoms with Gasteiger partial charge in [0.05, 0.1) is 7.11 Å². The minimum absolute atomic E-state index is 0.124. The van der Waals surface area contributed by atoms with Crippen LogP contribution in [-0.4, -0.2) is 31.6 Å². The van der Waals surface area contributed by atoms with Gasteiger partial charge in [-0.25, -0.2) is 4.98 Å². The summed E-state index contributed by atoms with van der Waals surface area (Å²) in [5.41, 5.74) is 6.50. The molecule has 0 radical (unpaired) electrons. The molecular weight excluding hydrogens is 270 g/mol. The predicted octanol–water partition coefficient (Wildman–Crippen LogP) is 1.39. The Hall–Kier alpha value is -3.16. The van der Waals surface area contributed by atoms with Crippen molar-refractivity contribution < 1.29 is 4.74 Å². The molecule has 0 atom stereocenters. The molecule has 8 nitrogen and oxygen atoms in total. The first-order valence-corrected chi connectivity index (χ1v) is 6.15. The maximum Gasteiger partial charge on any atom is 0.241 e. The van der Waals surface area contributed by atoms with Gasteiger partial charge in [-0.05, 0) is 12.1 Å². The topological polar surface area (TPSA) is 104 Å². The molecule has 106 valence electrons. The second-order valence-corrected chi connectivity index (χ2v) is 4.14. The zero-order valence-electron chi connectivity index (χ0n) is 11.3. The Morgan fingerprint density at radius 3 is 2.90 bits per heavy atom. The standard InChI is InChI=1S/C13H13N7O/c1-21-10-4-2-3-9(7-10)16-12-17-11(14)18-13(19-12)20-6-5-15-8-20/h2-8H,1H3,(H3,14,16,17,18,19). The van der Waals surface area contributed by atoms with Gasteiger partial charge in [-0.3, -0.25) is 4.57 Å². The first-order valence-electron chi connectivity index (χ1n) is 6.15. The van der Waals surface area contributed by atoms with E-state index in [4.69, 9.17) is 10.5 Å². The largest absolute Gasteiger partial charge is 0.497 e. The molecule has 0 unspecified atom stereocenters. The molecule has 1 aromatic carbocycles. The molecule has 0 fully saturated rings. The van der Waals surface area contributed by atoms with E-state index in [2.05, 4.69) is 25.3 Å². The highest BCUT2D eigenvalue weighted by atomic mass is 16.5. The fourth-order valence-electron chi connectivity index (χ4n) is 1.76. The molecule has 8 heteroatoms. The number of methoxy groups -OCH3 is 1. The molecule has 0 saturated heterocycles. The number of nitrogens with zero attached hydrogens (tertiary/aromatic N) is 5.